The molecule has 0 saturated heterocycles. The van der Waals surface area contributed by atoms with Crippen LogP contribution in [0, 0.1) is 6.92 Å². The fourth-order valence-electron chi connectivity index (χ4n) is 1.59. The number of aryl methyl sites for hydroxylation is 1. The van der Waals surface area contributed by atoms with Gasteiger partial charge in [-0.15, -0.1) is 0 Å². The lowest BCUT2D eigenvalue weighted by molar-refractivity contribution is -0.144. The predicted molar refractivity (Wildman–Crippen MR) is 80.6 cm³/mol. The van der Waals surface area contributed by atoms with Crippen molar-refractivity contribution >= 4 is 23.5 Å². The highest BCUT2D eigenvalue weighted by atomic mass is 35.5. The molecule has 1 aromatic rings. The van der Waals surface area contributed by atoms with E-state index in [1.807, 2.05) is 13.0 Å². The summed E-state index contributed by atoms with van der Waals surface area (Å²) >= 11 is 5.99. The molecule has 0 atom stereocenters. The van der Waals surface area contributed by atoms with Crippen molar-refractivity contribution in [3.63, 3.8) is 0 Å². The second kappa shape index (κ2) is 8.52. The highest BCUT2D eigenvalue weighted by Gasteiger charge is 2.13. The van der Waals surface area contributed by atoms with Crippen molar-refractivity contribution < 1.29 is 19.1 Å². The third-order valence-electron chi connectivity index (χ3n) is 2.82. The number of benzene rings is 1. The van der Waals surface area contributed by atoms with Gasteiger partial charge in [-0.3, -0.25) is 9.59 Å². The third-order valence-corrected chi connectivity index (χ3v) is 3.13. The standard InChI is InChI=1S/C15H20ClNO4/c1-4-20-15(19)7-8-17(3)14(18)10-21-13-9-11(2)5-6-12(13)16/h5-6,9H,4,7-8,10H2,1-3H3. The van der Waals surface area contributed by atoms with Gasteiger partial charge in [0.15, 0.2) is 6.61 Å². The van der Waals surface area contributed by atoms with E-state index in [2.05, 4.69) is 0 Å². The van der Waals surface area contributed by atoms with Gasteiger partial charge in [-0.25, -0.2) is 0 Å². The molecule has 0 saturated carbocycles. The van der Waals surface area contributed by atoms with Crippen LogP contribution in [0.1, 0.15) is 18.9 Å². The van der Waals surface area contributed by atoms with Crippen LogP contribution in [0.4, 0.5) is 0 Å². The molecule has 0 aliphatic heterocycles. The number of hydrogen-bond acceptors (Lipinski definition) is 4. The lowest BCUT2D eigenvalue weighted by Crippen LogP contribution is -2.33. The van der Waals surface area contributed by atoms with Gasteiger partial charge in [0.25, 0.3) is 5.91 Å². The van der Waals surface area contributed by atoms with Gasteiger partial charge in [0.05, 0.1) is 18.1 Å². The predicted octanol–water partition coefficient (Wildman–Crippen LogP) is 2.44. The number of likely N-dealkylation sites (N-methyl/N-ethyl adjacent to an activating group) is 1. The van der Waals surface area contributed by atoms with Crippen LogP contribution < -0.4 is 4.74 Å². The minimum atomic E-state index is -0.320. The van der Waals surface area contributed by atoms with Crippen molar-refractivity contribution in [1.29, 1.82) is 0 Å². The number of carbonyl (C=O) groups is 2. The highest BCUT2D eigenvalue weighted by molar-refractivity contribution is 6.32. The van der Waals surface area contributed by atoms with Gasteiger partial charge in [-0.1, -0.05) is 17.7 Å². The summed E-state index contributed by atoms with van der Waals surface area (Å²) in [6, 6.07) is 5.36. The number of ether oxygens (including phenoxy) is 2. The second-order valence-corrected chi connectivity index (χ2v) is 5.00. The molecule has 0 radical (unpaired) electrons. The summed E-state index contributed by atoms with van der Waals surface area (Å²) in [6.45, 7) is 4.17. The summed E-state index contributed by atoms with van der Waals surface area (Å²) in [6.07, 6.45) is 0.168. The Hall–Kier alpha value is -1.75. The maximum Gasteiger partial charge on any atom is 0.307 e. The Labute approximate surface area is 129 Å². The number of carbonyl (C=O) groups excluding carboxylic acids is 2. The van der Waals surface area contributed by atoms with Crippen molar-refractivity contribution in [1.82, 2.24) is 4.90 Å². The number of nitrogens with zero attached hydrogens (tertiary/aromatic N) is 1. The Kier molecular flexibility index (Phi) is 7.02. The number of amides is 1. The molecule has 0 spiro atoms. The number of esters is 1. The van der Waals surface area contributed by atoms with Crippen LogP contribution in [0.25, 0.3) is 0 Å². The summed E-state index contributed by atoms with van der Waals surface area (Å²) in [5, 5.41) is 0.461. The largest absolute Gasteiger partial charge is 0.482 e. The Balaban J connectivity index is 2.42. The van der Waals surface area contributed by atoms with Crippen LogP contribution >= 0.6 is 11.6 Å². The van der Waals surface area contributed by atoms with Crippen LogP contribution in [0.2, 0.25) is 5.02 Å². The molecule has 21 heavy (non-hydrogen) atoms. The van der Waals surface area contributed by atoms with Gasteiger partial charge in [0.1, 0.15) is 5.75 Å². The highest BCUT2D eigenvalue weighted by Crippen LogP contribution is 2.25. The first-order chi connectivity index (χ1) is 9.93. The zero-order valence-corrected chi connectivity index (χ0v) is 13.3. The number of hydrogen-bond donors (Lipinski definition) is 0. The van der Waals surface area contributed by atoms with E-state index in [0.29, 0.717) is 23.9 Å². The molecule has 1 rings (SSSR count). The molecule has 0 heterocycles. The van der Waals surface area contributed by atoms with E-state index in [4.69, 9.17) is 21.1 Å². The molecule has 6 heteroatoms. The SMILES string of the molecule is CCOC(=O)CCN(C)C(=O)COc1cc(C)ccc1Cl. The lowest BCUT2D eigenvalue weighted by Gasteiger charge is -2.17. The third kappa shape index (κ3) is 6.04. The Morgan fingerprint density at radius 2 is 2.05 bits per heavy atom. The average Bonchev–Trinajstić information content (AvgIpc) is 2.45. The molecule has 0 aromatic heterocycles. The molecule has 0 unspecified atom stereocenters. The zero-order chi connectivity index (χ0) is 15.8. The molecule has 5 nitrogen and oxygen atoms in total. The van der Waals surface area contributed by atoms with E-state index in [9.17, 15) is 9.59 Å². The van der Waals surface area contributed by atoms with Gasteiger partial charge in [-0.2, -0.15) is 0 Å². The molecular formula is C15H20ClNO4. The first-order valence-corrected chi connectivity index (χ1v) is 7.10. The average molecular weight is 314 g/mol. The van der Waals surface area contributed by atoms with Gasteiger partial charge in [0.2, 0.25) is 0 Å². The molecule has 1 aromatic carbocycles. The summed E-state index contributed by atoms with van der Waals surface area (Å²) in [5.74, 6) is -0.0690. The summed E-state index contributed by atoms with van der Waals surface area (Å²) < 4.78 is 10.2. The van der Waals surface area contributed by atoms with Crippen LogP contribution in [-0.4, -0.2) is 43.6 Å². The van der Waals surface area contributed by atoms with E-state index in [0.717, 1.165) is 5.56 Å². The van der Waals surface area contributed by atoms with Crippen molar-refractivity contribution in [3.05, 3.63) is 28.8 Å². The van der Waals surface area contributed by atoms with Gasteiger partial charge in [0, 0.05) is 13.6 Å². The maximum atomic E-state index is 11.9. The Bertz CT molecular complexity index is 504. The molecule has 0 aliphatic carbocycles. The fourth-order valence-corrected chi connectivity index (χ4v) is 1.76. The maximum absolute atomic E-state index is 11.9. The topological polar surface area (TPSA) is 55.8 Å². The summed E-state index contributed by atoms with van der Waals surface area (Å²) in [7, 11) is 1.61. The van der Waals surface area contributed by atoms with E-state index >= 15 is 0 Å². The zero-order valence-electron chi connectivity index (χ0n) is 12.5. The van der Waals surface area contributed by atoms with Gasteiger partial charge in [-0.05, 0) is 31.5 Å². The van der Waals surface area contributed by atoms with Gasteiger partial charge >= 0.3 is 5.97 Å². The lowest BCUT2D eigenvalue weighted by atomic mass is 10.2. The Morgan fingerprint density at radius 3 is 2.71 bits per heavy atom. The number of halogens is 1. The summed E-state index contributed by atoms with van der Waals surface area (Å²) in [4.78, 5) is 24.5. The van der Waals surface area contributed by atoms with Crippen LogP contribution in [0.3, 0.4) is 0 Å². The van der Waals surface area contributed by atoms with Crippen molar-refractivity contribution in [2.75, 3.05) is 26.8 Å². The molecule has 0 fully saturated rings. The van der Waals surface area contributed by atoms with Crippen molar-refractivity contribution in [2.45, 2.75) is 20.3 Å². The van der Waals surface area contributed by atoms with Crippen LogP contribution in [0.15, 0.2) is 18.2 Å². The van der Waals surface area contributed by atoms with Crippen LogP contribution in [-0.2, 0) is 14.3 Å². The monoisotopic (exact) mass is 313 g/mol. The molecule has 0 aliphatic rings. The quantitative estimate of drug-likeness (QED) is 0.726. The first-order valence-electron chi connectivity index (χ1n) is 6.72. The summed E-state index contributed by atoms with van der Waals surface area (Å²) in [5.41, 5.74) is 0.998. The van der Waals surface area contributed by atoms with E-state index in [1.165, 1.54) is 4.90 Å². The molecule has 116 valence electrons. The van der Waals surface area contributed by atoms with E-state index in [-0.39, 0.29) is 24.9 Å². The van der Waals surface area contributed by atoms with Gasteiger partial charge < -0.3 is 14.4 Å². The fraction of sp³-hybridized carbons (Fsp3) is 0.467. The Morgan fingerprint density at radius 1 is 1.33 bits per heavy atom. The molecule has 0 bridgehead atoms. The second-order valence-electron chi connectivity index (χ2n) is 4.59. The van der Waals surface area contributed by atoms with Crippen LogP contribution in [0.5, 0.6) is 5.75 Å². The van der Waals surface area contributed by atoms with E-state index < -0.39 is 0 Å². The minimum absolute atomic E-state index is 0.123. The first kappa shape index (κ1) is 17.3. The molecule has 1 amide bonds. The molecule has 0 N–H and O–H groups in total. The number of rotatable bonds is 7. The minimum Gasteiger partial charge on any atom is -0.482 e. The van der Waals surface area contributed by atoms with Crippen molar-refractivity contribution in [2.24, 2.45) is 0 Å². The van der Waals surface area contributed by atoms with Crippen molar-refractivity contribution in [3.8, 4) is 5.75 Å². The normalized spacial score (nSPS) is 10.1. The van der Waals surface area contributed by atoms with E-state index in [1.54, 1.807) is 26.1 Å². The smallest absolute Gasteiger partial charge is 0.307 e. The molecular weight excluding hydrogens is 294 g/mol.